The summed E-state index contributed by atoms with van der Waals surface area (Å²) < 4.78 is 0. The first-order valence-corrected chi connectivity index (χ1v) is 7.70. The number of aliphatic hydroxyl groups is 1. The van der Waals surface area contributed by atoms with Crippen molar-refractivity contribution in [3.63, 3.8) is 0 Å². The van der Waals surface area contributed by atoms with Crippen LogP contribution in [-0.2, 0) is 0 Å². The molecule has 21 heavy (non-hydrogen) atoms. The van der Waals surface area contributed by atoms with E-state index in [-0.39, 0.29) is 24.1 Å². The van der Waals surface area contributed by atoms with Crippen LogP contribution in [0.15, 0.2) is 18.2 Å². The number of nitrogens with one attached hydrogen (secondary N) is 1. The Morgan fingerprint density at radius 3 is 2.62 bits per heavy atom. The molecule has 2 N–H and O–H groups in total. The minimum Gasteiger partial charge on any atom is -0.396 e. The van der Waals surface area contributed by atoms with Gasteiger partial charge < -0.3 is 15.3 Å². The van der Waals surface area contributed by atoms with Crippen LogP contribution in [0.2, 0.25) is 10.0 Å². The number of rotatable bonds is 5. The van der Waals surface area contributed by atoms with Gasteiger partial charge >= 0.3 is 6.03 Å². The number of nitrogens with zero attached hydrogens (tertiary/aromatic N) is 1. The summed E-state index contributed by atoms with van der Waals surface area (Å²) in [4.78, 5) is 13.8. The summed E-state index contributed by atoms with van der Waals surface area (Å²) in [6.45, 7) is 2.60. The second kappa shape index (κ2) is 6.42. The zero-order valence-corrected chi connectivity index (χ0v) is 13.7. The predicted octanol–water partition coefficient (Wildman–Crippen LogP) is 3.47. The number of hydrogen-bond acceptors (Lipinski definition) is 2. The lowest BCUT2D eigenvalue weighted by Crippen LogP contribution is -2.42. The van der Waals surface area contributed by atoms with Crippen LogP contribution < -0.4 is 5.32 Å². The summed E-state index contributed by atoms with van der Waals surface area (Å²) in [6, 6.07) is 4.99. The highest BCUT2D eigenvalue weighted by atomic mass is 35.5. The molecule has 1 atom stereocenters. The SMILES string of the molecule is C[C@H](NC(=O)N(C)CC1(CO)CC1)c1ccc(Cl)c(Cl)c1. The molecular formula is C15H20Cl2N2O2. The van der Waals surface area contributed by atoms with E-state index in [0.717, 1.165) is 18.4 Å². The molecular weight excluding hydrogens is 311 g/mol. The van der Waals surface area contributed by atoms with Gasteiger partial charge in [0.1, 0.15) is 0 Å². The summed E-state index contributed by atoms with van der Waals surface area (Å²) in [6.07, 6.45) is 1.95. The first kappa shape index (κ1) is 16.4. The van der Waals surface area contributed by atoms with Gasteiger partial charge in [-0.15, -0.1) is 0 Å². The second-order valence-corrected chi connectivity index (χ2v) is 6.67. The number of carbonyl (C=O) groups excluding carboxylic acids is 1. The zero-order chi connectivity index (χ0) is 15.6. The van der Waals surface area contributed by atoms with E-state index in [1.165, 1.54) is 0 Å². The smallest absolute Gasteiger partial charge is 0.317 e. The van der Waals surface area contributed by atoms with Crippen molar-refractivity contribution < 1.29 is 9.90 Å². The Balaban J connectivity index is 1.93. The molecule has 0 aliphatic heterocycles. The quantitative estimate of drug-likeness (QED) is 0.868. The molecule has 1 aliphatic carbocycles. The van der Waals surface area contributed by atoms with E-state index in [2.05, 4.69) is 5.32 Å². The van der Waals surface area contributed by atoms with Crippen molar-refractivity contribution in [1.82, 2.24) is 10.2 Å². The van der Waals surface area contributed by atoms with Gasteiger partial charge in [-0.2, -0.15) is 0 Å². The van der Waals surface area contributed by atoms with Gasteiger partial charge in [-0.3, -0.25) is 0 Å². The van der Waals surface area contributed by atoms with Crippen LogP contribution in [0.3, 0.4) is 0 Å². The molecule has 2 amide bonds. The number of halogens is 2. The number of urea groups is 1. The minimum atomic E-state index is -0.168. The highest BCUT2D eigenvalue weighted by molar-refractivity contribution is 6.42. The van der Waals surface area contributed by atoms with Crippen molar-refractivity contribution >= 4 is 29.2 Å². The molecule has 0 saturated heterocycles. The van der Waals surface area contributed by atoms with Crippen molar-refractivity contribution in [1.29, 1.82) is 0 Å². The summed E-state index contributed by atoms with van der Waals surface area (Å²) >= 11 is 11.9. The largest absolute Gasteiger partial charge is 0.396 e. The Morgan fingerprint density at radius 1 is 1.43 bits per heavy atom. The number of amides is 2. The standard InChI is InChI=1S/C15H20Cl2N2O2/c1-10(11-3-4-12(16)13(17)7-11)18-14(21)19(2)8-15(9-20)5-6-15/h3-4,7,10,20H,5-6,8-9H2,1-2H3,(H,18,21)/t10-/m0/s1. The van der Waals surface area contributed by atoms with Crippen LogP contribution >= 0.6 is 23.2 Å². The molecule has 2 rings (SSSR count). The molecule has 1 aromatic carbocycles. The van der Waals surface area contributed by atoms with Gasteiger partial charge in [0.05, 0.1) is 22.7 Å². The zero-order valence-electron chi connectivity index (χ0n) is 12.2. The highest BCUT2D eigenvalue weighted by Gasteiger charge is 2.43. The van der Waals surface area contributed by atoms with Crippen LogP contribution in [-0.4, -0.2) is 36.2 Å². The predicted molar refractivity (Wildman–Crippen MR) is 84.8 cm³/mol. The van der Waals surface area contributed by atoms with Crippen LogP contribution in [0, 0.1) is 5.41 Å². The van der Waals surface area contributed by atoms with E-state index in [9.17, 15) is 9.90 Å². The Morgan fingerprint density at radius 2 is 2.10 bits per heavy atom. The fourth-order valence-electron chi connectivity index (χ4n) is 2.28. The van der Waals surface area contributed by atoms with E-state index in [0.29, 0.717) is 16.6 Å². The van der Waals surface area contributed by atoms with Gasteiger partial charge in [-0.1, -0.05) is 29.3 Å². The molecule has 116 valence electrons. The molecule has 1 aliphatic rings. The van der Waals surface area contributed by atoms with Gasteiger partial charge in [0.2, 0.25) is 0 Å². The van der Waals surface area contributed by atoms with Gasteiger partial charge in [0, 0.05) is 19.0 Å². The van der Waals surface area contributed by atoms with Gasteiger partial charge in [0.15, 0.2) is 0 Å². The number of benzene rings is 1. The molecule has 4 nitrogen and oxygen atoms in total. The fraction of sp³-hybridized carbons (Fsp3) is 0.533. The maximum absolute atomic E-state index is 12.2. The average molecular weight is 331 g/mol. The maximum atomic E-state index is 12.2. The van der Waals surface area contributed by atoms with E-state index in [4.69, 9.17) is 23.2 Å². The summed E-state index contributed by atoms with van der Waals surface area (Å²) in [5, 5.41) is 13.2. The van der Waals surface area contributed by atoms with Crippen molar-refractivity contribution in [2.24, 2.45) is 5.41 Å². The lowest BCUT2D eigenvalue weighted by atomic mass is 10.1. The Kier molecular flexibility index (Phi) is 5.02. The van der Waals surface area contributed by atoms with Gasteiger partial charge in [-0.05, 0) is 37.5 Å². The van der Waals surface area contributed by atoms with Crippen LogP contribution in [0.5, 0.6) is 0 Å². The Hall–Kier alpha value is -0.970. The third kappa shape index (κ3) is 4.02. The molecule has 0 unspecified atom stereocenters. The van der Waals surface area contributed by atoms with Gasteiger partial charge in [-0.25, -0.2) is 4.79 Å². The van der Waals surface area contributed by atoms with E-state index < -0.39 is 0 Å². The third-order valence-corrected chi connectivity index (χ3v) is 4.73. The number of aliphatic hydroxyl groups excluding tert-OH is 1. The van der Waals surface area contributed by atoms with Crippen molar-refractivity contribution in [2.75, 3.05) is 20.2 Å². The first-order valence-electron chi connectivity index (χ1n) is 6.94. The summed E-state index contributed by atoms with van der Waals surface area (Å²) in [5.41, 5.74) is 0.813. The molecule has 0 aromatic heterocycles. The molecule has 1 saturated carbocycles. The monoisotopic (exact) mass is 330 g/mol. The van der Waals surface area contributed by atoms with Crippen molar-refractivity contribution in [2.45, 2.75) is 25.8 Å². The van der Waals surface area contributed by atoms with Crippen LogP contribution in [0.25, 0.3) is 0 Å². The van der Waals surface area contributed by atoms with E-state index in [1.807, 2.05) is 13.0 Å². The molecule has 1 fully saturated rings. The molecule has 0 radical (unpaired) electrons. The van der Waals surface area contributed by atoms with Crippen LogP contribution in [0.4, 0.5) is 4.79 Å². The molecule has 0 heterocycles. The normalized spacial score (nSPS) is 17.2. The van der Waals surface area contributed by atoms with E-state index >= 15 is 0 Å². The highest BCUT2D eigenvalue weighted by Crippen LogP contribution is 2.45. The van der Waals surface area contributed by atoms with Gasteiger partial charge in [0.25, 0.3) is 0 Å². The first-order chi connectivity index (χ1) is 9.87. The van der Waals surface area contributed by atoms with E-state index in [1.54, 1.807) is 24.1 Å². The molecule has 1 aromatic rings. The number of hydrogen-bond donors (Lipinski definition) is 2. The maximum Gasteiger partial charge on any atom is 0.317 e. The fourth-order valence-corrected chi connectivity index (χ4v) is 2.58. The van der Waals surface area contributed by atoms with Crippen molar-refractivity contribution in [3.05, 3.63) is 33.8 Å². The lowest BCUT2D eigenvalue weighted by molar-refractivity contribution is 0.160. The average Bonchev–Trinajstić information content (AvgIpc) is 3.21. The third-order valence-electron chi connectivity index (χ3n) is 4.00. The Bertz CT molecular complexity index is 532. The molecule has 0 spiro atoms. The molecule has 6 heteroatoms. The Labute approximate surface area is 135 Å². The van der Waals surface area contributed by atoms with Crippen molar-refractivity contribution in [3.8, 4) is 0 Å². The number of carbonyl (C=O) groups is 1. The molecule has 0 bridgehead atoms. The summed E-state index contributed by atoms with van der Waals surface area (Å²) in [7, 11) is 1.74. The topological polar surface area (TPSA) is 52.6 Å². The minimum absolute atomic E-state index is 0.0844. The summed E-state index contributed by atoms with van der Waals surface area (Å²) in [5.74, 6) is 0. The lowest BCUT2D eigenvalue weighted by Gasteiger charge is -2.25. The second-order valence-electron chi connectivity index (χ2n) is 5.86. The van der Waals surface area contributed by atoms with Crippen LogP contribution in [0.1, 0.15) is 31.4 Å².